The molecule has 3 nitrogen and oxygen atoms in total. The van der Waals surface area contributed by atoms with Gasteiger partial charge in [-0.25, -0.2) is 9.97 Å². The maximum Gasteiger partial charge on any atom is 0.159 e. The molecule has 0 aliphatic heterocycles. The zero-order chi connectivity index (χ0) is 31.2. The Labute approximate surface area is 273 Å². The van der Waals surface area contributed by atoms with Gasteiger partial charge in [0.2, 0.25) is 0 Å². The van der Waals surface area contributed by atoms with Crippen LogP contribution in [0.15, 0.2) is 176 Å². The van der Waals surface area contributed by atoms with Gasteiger partial charge in [0.05, 0.1) is 16.6 Å². The molecule has 0 aliphatic carbocycles. The van der Waals surface area contributed by atoms with Gasteiger partial charge < -0.3 is 4.57 Å². The van der Waals surface area contributed by atoms with E-state index in [1.165, 1.54) is 32.9 Å². The van der Waals surface area contributed by atoms with E-state index >= 15 is 0 Å². The summed E-state index contributed by atoms with van der Waals surface area (Å²) in [4.78, 5) is 9.66. The average molecular weight is 600 g/mol. The Morgan fingerprint density at radius 2 is 0.872 bits per heavy atom. The molecule has 47 heavy (non-hydrogen) atoms. The molecule has 220 valence electrons. The molecule has 0 radical (unpaired) electrons. The van der Waals surface area contributed by atoms with Crippen molar-refractivity contribution in [2.75, 3.05) is 0 Å². The second-order valence-corrected chi connectivity index (χ2v) is 11.9. The average Bonchev–Trinajstić information content (AvgIpc) is 3.49. The van der Waals surface area contributed by atoms with E-state index < -0.39 is 0 Å². The lowest BCUT2D eigenvalue weighted by Crippen LogP contribution is -1.93. The van der Waals surface area contributed by atoms with Gasteiger partial charge in [0.15, 0.2) is 5.82 Å². The third kappa shape index (κ3) is 4.86. The first kappa shape index (κ1) is 27.0. The highest BCUT2D eigenvalue weighted by molar-refractivity contribution is 6.09. The standard InChI is InChI=1S/C44H29N3/c1-2-10-30(11-3-1)35-26-36(28-37(27-35)44-45-29-34-12-4-7-15-41(34)46-44)33-20-18-31(19-21-33)32-22-24-38(25-23-32)47-42-16-8-5-13-39(42)40-14-6-9-17-43(40)47/h1-29H. The molecule has 0 aliphatic rings. The summed E-state index contributed by atoms with van der Waals surface area (Å²) in [5.41, 5.74) is 12.5. The molecule has 3 heteroatoms. The van der Waals surface area contributed by atoms with Crippen LogP contribution in [0.1, 0.15) is 0 Å². The molecule has 7 aromatic carbocycles. The van der Waals surface area contributed by atoms with Crippen molar-refractivity contribution >= 4 is 32.7 Å². The number of hydrogen-bond acceptors (Lipinski definition) is 2. The van der Waals surface area contributed by atoms with E-state index in [9.17, 15) is 0 Å². The fourth-order valence-electron chi connectivity index (χ4n) is 6.69. The third-order valence-electron chi connectivity index (χ3n) is 9.04. The summed E-state index contributed by atoms with van der Waals surface area (Å²) in [6.45, 7) is 0. The monoisotopic (exact) mass is 599 g/mol. The van der Waals surface area contributed by atoms with Crippen molar-refractivity contribution in [1.29, 1.82) is 0 Å². The topological polar surface area (TPSA) is 30.7 Å². The van der Waals surface area contributed by atoms with Gasteiger partial charge in [0.1, 0.15) is 0 Å². The molecule has 0 bridgehead atoms. The van der Waals surface area contributed by atoms with Crippen LogP contribution in [-0.4, -0.2) is 14.5 Å². The molecule has 0 fully saturated rings. The van der Waals surface area contributed by atoms with Crippen LogP contribution in [0, 0.1) is 0 Å². The van der Waals surface area contributed by atoms with Crippen LogP contribution in [0.5, 0.6) is 0 Å². The van der Waals surface area contributed by atoms with Gasteiger partial charge in [0, 0.05) is 33.6 Å². The van der Waals surface area contributed by atoms with Crippen molar-refractivity contribution in [2.45, 2.75) is 0 Å². The maximum atomic E-state index is 4.91. The number of benzene rings is 7. The van der Waals surface area contributed by atoms with Gasteiger partial charge in [-0.15, -0.1) is 0 Å². The highest BCUT2D eigenvalue weighted by atomic mass is 15.0. The third-order valence-corrected chi connectivity index (χ3v) is 9.04. The molecule has 0 amide bonds. The summed E-state index contributed by atoms with van der Waals surface area (Å²) in [5.74, 6) is 0.725. The Morgan fingerprint density at radius 3 is 1.53 bits per heavy atom. The van der Waals surface area contributed by atoms with Crippen LogP contribution in [-0.2, 0) is 0 Å². The summed E-state index contributed by atoms with van der Waals surface area (Å²) >= 11 is 0. The number of hydrogen-bond donors (Lipinski definition) is 0. The van der Waals surface area contributed by atoms with Crippen molar-refractivity contribution in [3.63, 3.8) is 0 Å². The number of fused-ring (bicyclic) bond motifs is 4. The van der Waals surface area contributed by atoms with E-state index in [-0.39, 0.29) is 0 Å². The lowest BCUT2D eigenvalue weighted by Gasteiger charge is -2.12. The van der Waals surface area contributed by atoms with Gasteiger partial charge in [-0.2, -0.15) is 0 Å². The first-order valence-electron chi connectivity index (χ1n) is 15.9. The van der Waals surface area contributed by atoms with Crippen LogP contribution >= 0.6 is 0 Å². The lowest BCUT2D eigenvalue weighted by molar-refractivity contribution is 1.18. The van der Waals surface area contributed by atoms with Crippen LogP contribution in [0.25, 0.3) is 83.2 Å². The number of aromatic nitrogens is 3. The summed E-state index contributed by atoms with van der Waals surface area (Å²) < 4.78 is 2.36. The largest absolute Gasteiger partial charge is 0.309 e. The number of nitrogens with zero attached hydrogens (tertiary/aromatic N) is 3. The van der Waals surface area contributed by atoms with E-state index in [1.807, 2.05) is 30.5 Å². The van der Waals surface area contributed by atoms with Crippen molar-refractivity contribution in [2.24, 2.45) is 0 Å². The zero-order valence-corrected chi connectivity index (χ0v) is 25.6. The minimum absolute atomic E-state index is 0.725. The second-order valence-electron chi connectivity index (χ2n) is 11.9. The van der Waals surface area contributed by atoms with E-state index in [0.29, 0.717) is 0 Å². The quantitative estimate of drug-likeness (QED) is 0.197. The minimum atomic E-state index is 0.725. The van der Waals surface area contributed by atoms with Crippen molar-refractivity contribution < 1.29 is 0 Å². The van der Waals surface area contributed by atoms with E-state index in [2.05, 4.69) is 150 Å². The number of rotatable bonds is 5. The molecule has 0 unspecified atom stereocenters. The molecule has 0 atom stereocenters. The molecule has 9 rings (SSSR count). The van der Waals surface area contributed by atoms with Gasteiger partial charge in [0.25, 0.3) is 0 Å². The summed E-state index contributed by atoms with van der Waals surface area (Å²) in [7, 11) is 0. The van der Waals surface area contributed by atoms with Crippen molar-refractivity contribution in [3.05, 3.63) is 176 Å². The van der Waals surface area contributed by atoms with Gasteiger partial charge in [-0.1, -0.05) is 121 Å². The Bertz CT molecular complexity index is 2490. The Hall–Kier alpha value is -6.32. The highest BCUT2D eigenvalue weighted by Gasteiger charge is 2.13. The zero-order valence-electron chi connectivity index (χ0n) is 25.6. The smallest absolute Gasteiger partial charge is 0.159 e. The molecule has 0 saturated heterocycles. The fourth-order valence-corrected chi connectivity index (χ4v) is 6.69. The predicted octanol–water partition coefficient (Wildman–Crippen LogP) is 11.4. The minimum Gasteiger partial charge on any atom is -0.309 e. The molecular weight excluding hydrogens is 571 g/mol. The highest BCUT2D eigenvalue weighted by Crippen LogP contribution is 2.35. The van der Waals surface area contributed by atoms with Crippen LogP contribution in [0.2, 0.25) is 0 Å². The molecular formula is C44H29N3. The Morgan fingerprint density at radius 1 is 0.383 bits per heavy atom. The molecule has 9 aromatic rings. The van der Waals surface area contributed by atoms with E-state index in [1.54, 1.807) is 0 Å². The SMILES string of the molecule is c1ccc(-c2cc(-c3ccc(-c4ccc(-n5c6ccccc6c6ccccc65)cc4)cc3)cc(-c3ncc4ccccc4n3)c2)cc1. The van der Waals surface area contributed by atoms with E-state index in [4.69, 9.17) is 9.97 Å². The Balaban J connectivity index is 1.08. The molecule has 0 saturated carbocycles. The summed E-state index contributed by atoms with van der Waals surface area (Å²) in [5, 5.41) is 3.58. The maximum absolute atomic E-state index is 4.91. The molecule has 0 N–H and O–H groups in total. The van der Waals surface area contributed by atoms with Crippen LogP contribution in [0.4, 0.5) is 0 Å². The lowest BCUT2D eigenvalue weighted by atomic mass is 9.94. The summed E-state index contributed by atoms with van der Waals surface area (Å²) in [6.07, 6.45) is 1.91. The molecule has 2 aromatic heterocycles. The van der Waals surface area contributed by atoms with Crippen molar-refractivity contribution in [1.82, 2.24) is 14.5 Å². The van der Waals surface area contributed by atoms with Crippen molar-refractivity contribution in [3.8, 4) is 50.5 Å². The van der Waals surface area contributed by atoms with Gasteiger partial charge in [-0.3, -0.25) is 0 Å². The van der Waals surface area contributed by atoms with Gasteiger partial charge >= 0.3 is 0 Å². The predicted molar refractivity (Wildman–Crippen MR) is 196 cm³/mol. The first-order chi connectivity index (χ1) is 23.3. The van der Waals surface area contributed by atoms with Gasteiger partial charge in [-0.05, 0) is 81.9 Å². The number of para-hydroxylation sites is 3. The normalized spacial score (nSPS) is 11.4. The molecule has 0 spiro atoms. The molecule has 2 heterocycles. The fraction of sp³-hybridized carbons (Fsp3) is 0. The van der Waals surface area contributed by atoms with Crippen LogP contribution in [0.3, 0.4) is 0 Å². The Kier molecular flexibility index (Phi) is 6.46. The van der Waals surface area contributed by atoms with Crippen LogP contribution < -0.4 is 0 Å². The first-order valence-corrected chi connectivity index (χ1v) is 15.9. The van der Waals surface area contributed by atoms with E-state index in [0.717, 1.165) is 50.2 Å². The second kappa shape index (κ2) is 11.2. The summed E-state index contributed by atoms with van der Waals surface area (Å²) in [6, 6.07) is 60.3.